The van der Waals surface area contributed by atoms with Gasteiger partial charge in [0.25, 0.3) is 0 Å². The zero-order chi connectivity index (χ0) is 44.3. The second kappa shape index (κ2) is 15.8. The monoisotopic (exact) mass is 852 g/mol. The minimum Gasteiger partial charge on any atom is -0.310 e. The van der Waals surface area contributed by atoms with E-state index in [-0.39, 0.29) is 0 Å². The smallest absolute Gasteiger partial charge is 0.0714 e. The van der Waals surface area contributed by atoms with Crippen LogP contribution in [0.2, 0.25) is 0 Å². The summed E-state index contributed by atoms with van der Waals surface area (Å²) in [5.74, 6) is 0. The van der Waals surface area contributed by atoms with E-state index in [0.29, 0.717) is 0 Å². The fourth-order valence-corrected chi connectivity index (χ4v) is 11.2. The van der Waals surface area contributed by atoms with Gasteiger partial charge < -0.3 is 9.47 Å². The minimum atomic E-state index is -0.535. The number of anilines is 3. The molecule has 1 aliphatic rings. The van der Waals surface area contributed by atoms with Crippen LogP contribution >= 0.6 is 0 Å². The topological polar surface area (TPSA) is 8.17 Å². The summed E-state index contributed by atoms with van der Waals surface area (Å²) in [4.78, 5) is 2.48. The molecule has 1 aliphatic carbocycles. The largest absolute Gasteiger partial charge is 0.310 e. The summed E-state index contributed by atoms with van der Waals surface area (Å²) in [6.07, 6.45) is 0. The summed E-state index contributed by atoms with van der Waals surface area (Å²) in [6, 6.07) is 98.2. The zero-order valence-corrected chi connectivity index (χ0v) is 36.8. The molecule has 67 heavy (non-hydrogen) atoms. The minimum absolute atomic E-state index is 0.535. The molecule has 1 aromatic heterocycles. The third-order valence-corrected chi connectivity index (χ3v) is 14.1. The average Bonchev–Trinajstić information content (AvgIpc) is 3.90. The highest BCUT2D eigenvalue weighted by atomic mass is 15.1. The SMILES string of the molecule is c1ccc(-c2c(N(c3ccc(-c4cccc(-n5c6ccccc6c6ccccc65)c4)cc3)c3ccc4c(c3)C(c3ccccc3)(c3ccccc3)c3ccccc3-4)ccc3ccccc23)cc1. The van der Waals surface area contributed by atoms with Crippen LogP contribution in [0.4, 0.5) is 17.1 Å². The standard InChI is InChI=1S/C65H44N2/c1-4-20-47(21-5-1)64-54-28-11-10-19-46(54)37-42-63(64)66(51-38-35-45(36-39-51)48-22-18-27-52(43-48)67-61-33-16-13-30-57(61)58-31-14-17-34-62(58)67)53-40-41-56-55-29-12-15-32-59(55)65(60(56)44-53,49-23-6-2-7-24-49)50-25-8-3-9-26-50/h1-44H. The van der Waals surface area contributed by atoms with Gasteiger partial charge in [-0.1, -0.05) is 212 Å². The molecule has 0 radical (unpaired) electrons. The van der Waals surface area contributed by atoms with Gasteiger partial charge in [-0.25, -0.2) is 0 Å². The van der Waals surface area contributed by atoms with Crippen LogP contribution < -0.4 is 4.90 Å². The van der Waals surface area contributed by atoms with Crippen LogP contribution in [0.15, 0.2) is 267 Å². The highest BCUT2D eigenvalue weighted by Crippen LogP contribution is 2.57. The van der Waals surface area contributed by atoms with E-state index in [0.717, 1.165) is 28.3 Å². The third-order valence-electron chi connectivity index (χ3n) is 14.1. The Hall–Kier alpha value is -8.72. The summed E-state index contributed by atoms with van der Waals surface area (Å²) < 4.78 is 2.40. The molecule has 0 N–H and O–H groups in total. The van der Waals surface area contributed by atoms with Gasteiger partial charge in [0.1, 0.15) is 0 Å². The molecule has 2 heteroatoms. The predicted octanol–water partition coefficient (Wildman–Crippen LogP) is 17.1. The van der Waals surface area contributed by atoms with Gasteiger partial charge >= 0.3 is 0 Å². The molecule has 0 amide bonds. The Bertz CT molecular complexity index is 3700. The Morgan fingerprint density at radius 2 is 0.881 bits per heavy atom. The first-order chi connectivity index (χ1) is 33.3. The zero-order valence-electron chi connectivity index (χ0n) is 36.8. The number of benzene rings is 11. The van der Waals surface area contributed by atoms with Gasteiger partial charge in [-0.2, -0.15) is 0 Å². The first-order valence-corrected chi connectivity index (χ1v) is 23.2. The molecule has 13 rings (SSSR count). The van der Waals surface area contributed by atoms with E-state index in [1.807, 2.05) is 0 Å². The molecule has 0 spiro atoms. The van der Waals surface area contributed by atoms with E-state index < -0.39 is 5.41 Å². The fraction of sp³-hybridized carbons (Fsp3) is 0.0154. The van der Waals surface area contributed by atoms with Crippen LogP contribution in [0, 0.1) is 0 Å². The molecule has 0 atom stereocenters. The number of fused-ring (bicyclic) bond motifs is 7. The Kier molecular flexibility index (Phi) is 9.11. The lowest BCUT2D eigenvalue weighted by Gasteiger charge is -2.35. The summed E-state index contributed by atoms with van der Waals surface area (Å²) in [7, 11) is 0. The van der Waals surface area contributed by atoms with Crippen LogP contribution in [0.25, 0.3) is 71.6 Å². The predicted molar refractivity (Wildman–Crippen MR) is 281 cm³/mol. The van der Waals surface area contributed by atoms with Crippen LogP contribution in [-0.4, -0.2) is 4.57 Å². The molecule has 0 saturated heterocycles. The van der Waals surface area contributed by atoms with Gasteiger partial charge in [-0.05, 0) is 115 Å². The first-order valence-electron chi connectivity index (χ1n) is 23.2. The quantitative estimate of drug-likeness (QED) is 0.148. The number of nitrogens with zero attached hydrogens (tertiary/aromatic N) is 2. The molecule has 0 fully saturated rings. The Balaban J connectivity index is 1.02. The molecule has 12 aromatic rings. The maximum absolute atomic E-state index is 2.48. The van der Waals surface area contributed by atoms with Crippen molar-refractivity contribution in [1.82, 2.24) is 4.57 Å². The van der Waals surface area contributed by atoms with E-state index in [4.69, 9.17) is 0 Å². The molecule has 0 bridgehead atoms. The Morgan fingerprint density at radius 1 is 0.328 bits per heavy atom. The first kappa shape index (κ1) is 38.7. The maximum atomic E-state index is 2.48. The average molecular weight is 853 g/mol. The summed E-state index contributed by atoms with van der Waals surface area (Å²) >= 11 is 0. The fourth-order valence-electron chi connectivity index (χ4n) is 11.2. The lowest BCUT2D eigenvalue weighted by molar-refractivity contribution is 0.768. The lowest BCUT2D eigenvalue weighted by Crippen LogP contribution is -2.28. The molecule has 314 valence electrons. The third kappa shape index (κ3) is 6.11. The highest BCUT2D eigenvalue weighted by Gasteiger charge is 2.46. The van der Waals surface area contributed by atoms with Gasteiger partial charge in [-0.3, -0.25) is 0 Å². The maximum Gasteiger partial charge on any atom is 0.0714 e. The lowest BCUT2D eigenvalue weighted by atomic mass is 9.67. The molecular formula is C65H44N2. The summed E-state index contributed by atoms with van der Waals surface area (Å²) in [6.45, 7) is 0. The molecule has 0 saturated carbocycles. The summed E-state index contributed by atoms with van der Waals surface area (Å²) in [5, 5.41) is 4.94. The van der Waals surface area contributed by atoms with Gasteiger partial charge in [-0.15, -0.1) is 0 Å². The van der Waals surface area contributed by atoms with Crippen LogP contribution in [0.3, 0.4) is 0 Å². The molecule has 1 heterocycles. The molecular weight excluding hydrogens is 809 g/mol. The molecule has 11 aromatic carbocycles. The van der Waals surface area contributed by atoms with Gasteiger partial charge in [0.15, 0.2) is 0 Å². The van der Waals surface area contributed by atoms with Crippen molar-refractivity contribution in [2.45, 2.75) is 5.41 Å². The van der Waals surface area contributed by atoms with Gasteiger partial charge in [0.2, 0.25) is 0 Å². The Morgan fingerprint density at radius 3 is 1.58 bits per heavy atom. The van der Waals surface area contributed by atoms with Gasteiger partial charge in [0.05, 0.1) is 22.1 Å². The van der Waals surface area contributed by atoms with E-state index in [1.54, 1.807) is 0 Å². The number of hydrogen-bond acceptors (Lipinski definition) is 1. The second-order valence-corrected chi connectivity index (χ2v) is 17.6. The normalized spacial score (nSPS) is 12.6. The number of rotatable bonds is 8. The number of para-hydroxylation sites is 2. The summed E-state index contributed by atoms with van der Waals surface area (Å²) in [5.41, 5.74) is 18.6. The van der Waals surface area contributed by atoms with Crippen molar-refractivity contribution in [3.8, 4) is 39.1 Å². The molecule has 0 unspecified atom stereocenters. The van der Waals surface area contributed by atoms with Crippen molar-refractivity contribution in [3.63, 3.8) is 0 Å². The Labute approximate surface area is 390 Å². The van der Waals surface area contributed by atoms with E-state index in [1.165, 1.54) is 82.6 Å². The second-order valence-electron chi connectivity index (χ2n) is 17.6. The molecule has 0 aliphatic heterocycles. The highest BCUT2D eigenvalue weighted by molar-refractivity contribution is 6.09. The van der Waals surface area contributed by atoms with E-state index >= 15 is 0 Å². The van der Waals surface area contributed by atoms with Crippen molar-refractivity contribution in [2.24, 2.45) is 0 Å². The number of hydrogen-bond donors (Lipinski definition) is 0. The van der Waals surface area contributed by atoms with Crippen molar-refractivity contribution in [1.29, 1.82) is 0 Å². The number of aromatic nitrogens is 1. The van der Waals surface area contributed by atoms with Crippen molar-refractivity contribution < 1.29 is 0 Å². The van der Waals surface area contributed by atoms with Crippen LogP contribution in [0.5, 0.6) is 0 Å². The van der Waals surface area contributed by atoms with E-state index in [9.17, 15) is 0 Å². The van der Waals surface area contributed by atoms with E-state index in [2.05, 4.69) is 276 Å². The van der Waals surface area contributed by atoms with Crippen LogP contribution in [-0.2, 0) is 5.41 Å². The van der Waals surface area contributed by atoms with Crippen molar-refractivity contribution in [3.05, 3.63) is 289 Å². The van der Waals surface area contributed by atoms with Crippen molar-refractivity contribution in [2.75, 3.05) is 4.90 Å². The molecule has 2 nitrogen and oxygen atoms in total. The van der Waals surface area contributed by atoms with Crippen LogP contribution in [0.1, 0.15) is 22.3 Å². The van der Waals surface area contributed by atoms with Gasteiger partial charge in [0, 0.05) is 33.4 Å². The van der Waals surface area contributed by atoms with Crippen molar-refractivity contribution >= 4 is 49.6 Å².